The van der Waals surface area contributed by atoms with Crippen molar-refractivity contribution in [3.8, 4) is 0 Å². The van der Waals surface area contributed by atoms with E-state index in [-0.39, 0.29) is 10.7 Å². The Bertz CT molecular complexity index is 586. The van der Waals surface area contributed by atoms with Gasteiger partial charge in [-0.3, -0.25) is 4.68 Å². The van der Waals surface area contributed by atoms with Gasteiger partial charge in [0.1, 0.15) is 4.90 Å². The highest BCUT2D eigenvalue weighted by Crippen LogP contribution is 2.30. The van der Waals surface area contributed by atoms with Gasteiger partial charge in [0.25, 0.3) is 0 Å². The maximum absolute atomic E-state index is 12.3. The Morgan fingerprint density at radius 2 is 1.95 bits per heavy atom. The first kappa shape index (κ1) is 16.3. The summed E-state index contributed by atoms with van der Waals surface area (Å²) in [6.45, 7) is 4.46. The Kier molecular flexibility index (Phi) is 4.93. The van der Waals surface area contributed by atoms with E-state index in [0.717, 1.165) is 12.3 Å². The van der Waals surface area contributed by atoms with Gasteiger partial charge in [-0.1, -0.05) is 32.6 Å². The lowest BCUT2D eigenvalue weighted by Crippen LogP contribution is -2.28. The van der Waals surface area contributed by atoms with Crippen LogP contribution in [0.5, 0.6) is 0 Å². The van der Waals surface area contributed by atoms with Crippen LogP contribution in [0, 0.1) is 18.8 Å². The van der Waals surface area contributed by atoms with Gasteiger partial charge in [-0.25, -0.2) is 13.1 Å². The molecule has 1 aromatic rings. The summed E-state index contributed by atoms with van der Waals surface area (Å²) in [7, 11) is -1.88. The number of rotatable bonds is 5. The van der Waals surface area contributed by atoms with Crippen molar-refractivity contribution in [2.45, 2.75) is 50.8 Å². The minimum atomic E-state index is -3.57. The van der Waals surface area contributed by atoms with E-state index in [1.165, 1.54) is 30.4 Å². The van der Waals surface area contributed by atoms with Crippen molar-refractivity contribution < 1.29 is 8.42 Å². The molecule has 0 amide bonds. The molecule has 0 unspecified atom stereocenters. The zero-order valence-corrected chi connectivity index (χ0v) is 13.9. The number of aromatic nitrogens is 2. The first-order valence-electron chi connectivity index (χ1n) is 7.60. The van der Waals surface area contributed by atoms with Crippen molar-refractivity contribution in [3.05, 3.63) is 5.69 Å². The van der Waals surface area contributed by atoms with E-state index in [2.05, 4.69) is 16.7 Å². The molecule has 0 radical (unpaired) electrons. The predicted molar refractivity (Wildman–Crippen MR) is 83.3 cm³/mol. The fraction of sp³-hybridized carbons (Fsp3) is 0.786. The lowest BCUT2D eigenvalue weighted by molar-refractivity contribution is 0.278. The van der Waals surface area contributed by atoms with Crippen molar-refractivity contribution in [2.75, 3.05) is 12.3 Å². The molecule has 21 heavy (non-hydrogen) atoms. The zero-order valence-electron chi connectivity index (χ0n) is 13.1. The van der Waals surface area contributed by atoms with Crippen LogP contribution >= 0.6 is 0 Å². The van der Waals surface area contributed by atoms with Crippen molar-refractivity contribution >= 4 is 15.8 Å². The van der Waals surface area contributed by atoms with Crippen LogP contribution in [0.25, 0.3) is 0 Å². The molecule has 3 N–H and O–H groups in total. The van der Waals surface area contributed by atoms with Crippen LogP contribution in [0.1, 0.15) is 44.7 Å². The molecule has 0 aromatic carbocycles. The Labute approximate surface area is 127 Å². The maximum atomic E-state index is 12.3. The van der Waals surface area contributed by atoms with E-state index in [1.807, 2.05) is 0 Å². The monoisotopic (exact) mass is 314 g/mol. The van der Waals surface area contributed by atoms with Crippen molar-refractivity contribution in [2.24, 2.45) is 18.9 Å². The van der Waals surface area contributed by atoms with Crippen LogP contribution in [0.2, 0.25) is 0 Å². The topological polar surface area (TPSA) is 90.0 Å². The Morgan fingerprint density at radius 3 is 2.48 bits per heavy atom. The van der Waals surface area contributed by atoms with Crippen molar-refractivity contribution in [1.29, 1.82) is 0 Å². The first-order chi connectivity index (χ1) is 9.81. The number of anilines is 1. The SMILES string of the molecule is Cc1c(S(=O)(=O)NCCC2CCC(C)CC2)c(N)nn1C. The van der Waals surface area contributed by atoms with E-state index in [4.69, 9.17) is 5.73 Å². The van der Waals surface area contributed by atoms with Crippen LogP contribution < -0.4 is 10.5 Å². The number of nitrogens with two attached hydrogens (primary N) is 1. The Balaban J connectivity index is 1.93. The fourth-order valence-electron chi connectivity index (χ4n) is 3.03. The fourth-order valence-corrected chi connectivity index (χ4v) is 4.40. The van der Waals surface area contributed by atoms with Crippen LogP contribution in [0.15, 0.2) is 4.90 Å². The molecule has 1 saturated carbocycles. The average molecular weight is 314 g/mol. The van der Waals surface area contributed by atoms with E-state index in [9.17, 15) is 8.42 Å². The summed E-state index contributed by atoms with van der Waals surface area (Å²) in [4.78, 5) is 0.113. The highest BCUT2D eigenvalue weighted by Gasteiger charge is 2.25. The molecule has 1 heterocycles. The van der Waals surface area contributed by atoms with Gasteiger partial charge in [0.05, 0.1) is 5.69 Å². The van der Waals surface area contributed by atoms with Gasteiger partial charge in [0.15, 0.2) is 5.82 Å². The molecule has 1 aliphatic rings. The lowest BCUT2D eigenvalue weighted by Gasteiger charge is -2.26. The summed E-state index contributed by atoms with van der Waals surface area (Å²) in [5.41, 5.74) is 6.27. The Morgan fingerprint density at radius 1 is 1.33 bits per heavy atom. The molecular weight excluding hydrogens is 288 g/mol. The van der Waals surface area contributed by atoms with Gasteiger partial charge in [-0.2, -0.15) is 5.10 Å². The summed E-state index contributed by atoms with van der Waals surface area (Å²) >= 11 is 0. The lowest BCUT2D eigenvalue weighted by atomic mass is 9.81. The van der Waals surface area contributed by atoms with Crippen molar-refractivity contribution in [1.82, 2.24) is 14.5 Å². The number of hydrogen-bond donors (Lipinski definition) is 2. The minimum Gasteiger partial charge on any atom is -0.381 e. The molecule has 2 rings (SSSR count). The molecule has 0 spiro atoms. The molecule has 1 fully saturated rings. The van der Waals surface area contributed by atoms with Crippen LogP contribution in [-0.2, 0) is 17.1 Å². The number of nitrogen functional groups attached to an aromatic ring is 1. The molecule has 1 aromatic heterocycles. The summed E-state index contributed by atoms with van der Waals surface area (Å²) in [6.07, 6.45) is 5.82. The third kappa shape index (κ3) is 3.77. The summed E-state index contributed by atoms with van der Waals surface area (Å²) in [5.74, 6) is 1.51. The Hall–Kier alpha value is -1.08. The minimum absolute atomic E-state index is 0.0639. The molecule has 0 atom stereocenters. The van der Waals surface area contributed by atoms with E-state index < -0.39 is 10.0 Å². The third-order valence-electron chi connectivity index (χ3n) is 4.55. The van der Waals surface area contributed by atoms with Crippen LogP contribution in [0.4, 0.5) is 5.82 Å². The van der Waals surface area contributed by atoms with Gasteiger partial charge < -0.3 is 5.73 Å². The summed E-state index contributed by atoms with van der Waals surface area (Å²) < 4.78 is 28.8. The predicted octanol–water partition coefficient (Wildman–Crippen LogP) is 1.81. The number of aryl methyl sites for hydroxylation is 1. The van der Waals surface area contributed by atoms with E-state index in [1.54, 1.807) is 14.0 Å². The summed E-state index contributed by atoms with van der Waals surface area (Å²) in [5, 5.41) is 3.96. The number of hydrogen-bond acceptors (Lipinski definition) is 4. The van der Waals surface area contributed by atoms with Crippen LogP contribution in [0.3, 0.4) is 0 Å². The maximum Gasteiger partial charge on any atom is 0.246 e. The smallest absolute Gasteiger partial charge is 0.246 e. The standard InChI is InChI=1S/C14H26N4O2S/c1-10-4-6-12(7-5-10)8-9-16-21(19,20)13-11(2)18(3)17-14(13)15/h10,12,16H,4-9H2,1-3H3,(H2,15,17). The molecule has 1 aliphatic carbocycles. The number of sulfonamides is 1. The van der Waals surface area contributed by atoms with Gasteiger partial charge in [-0.05, 0) is 25.2 Å². The summed E-state index contributed by atoms with van der Waals surface area (Å²) in [6, 6.07) is 0. The quantitative estimate of drug-likeness (QED) is 0.867. The third-order valence-corrected chi connectivity index (χ3v) is 6.18. The molecule has 120 valence electrons. The normalized spacial score (nSPS) is 23.4. The van der Waals surface area contributed by atoms with E-state index in [0.29, 0.717) is 18.2 Å². The molecular formula is C14H26N4O2S. The van der Waals surface area contributed by atoms with Crippen LogP contribution in [-0.4, -0.2) is 24.7 Å². The zero-order chi connectivity index (χ0) is 15.6. The number of nitrogens with zero attached hydrogens (tertiary/aromatic N) is 2. The van der Waals surface area contributed by atoms with Crippen molar-refractivity contribution in [3.63, 3.8) is 0 Å². The molecule has 7 heteroatoms. The second-order valence-electron chi connectivity index (χ2n) is 6.24. The molecule has 0 saturated heterocycles. The largest absolute Gasteiger partial charge is 0.381 e. The highest BCUT2D eigenvalue weighted by atomic mass is 32.2. The molecule has 0 bridgehead atoms. The highest BCUT2D eigenvalue weighted by molar-refractivity contribution is 7.89. The van der Waals surface area contributed by atoms with Gasteiger partial charge in [0, 0.05) is 13.6 Å². The molecule has 0 aliphatic heterocycles. The van der Waals surface area contributed by atoms with E-state index >= 15 is 0 Å². The first-order valence-corrected chi connectivity index (χ1v) is 9.08. The van der Waals surface area contributed by atoms with Gasteiger partial charge in [0.2, 0.25) is 10.0 Å². The van der Waals surface area contributed by atoms with Gasteiger partial charge >= 0.3 is 0 Å². The molecule has 6 nitrogen and oxygen atoms in total. The van der Waals surface area contributed by atoms with Gasteiger partial charge in [-0.15, -0.1) is 0 Å². The average Bonchev–Trinajstić information content (AvgIpc) is 2.66. The second-order valence-corrected chi connectivity index (χ2v) is 7.94. The second kappa shape index (κ2) is 6.36. The number of nitrogens with one attached hydrogen (secondary N) is 1.